The Balaban J connectivity index is 1.38. The second-order valence-electron chi connectivity index (χ2n) is 8.00. The number of anilines is 1. The van der Waals surface area contributed by atoms with Gasteiger partial charge in [0.05, 0.1) is 15.2 Å². The van der Waals surface area contributed by atoms with Crippen LogP contribution >= 0.6 is 27.5 Å². The van der Waals surface area contributed by atoms with Gasteiger partial charge in [0.1, 0.15) is 16.5 Å². The predicted octanol–water partition coefficient (Wildman–Crippen LogP) is 5.20. The van der Waals surface area contributed by atoms with Gasteiger partial charge in [0.25, 0.3) is 0 Å². The average molecular weight is 577 g/mol. The van der Waals surface area contributed by atoms with Crippen LogP contribution in [0.1, 0.15) is 0 Å². The van der Waals surface area contributed by atoms with Crippen molar-refractivity contribution in [3.05, 3.63) is 82.4 Å². The van der Waals surface area contributed by atoms with Gasteiger partial charge in [0.2, 0.25) is 10.0 Å². The standard InChI is InChI=1S/C24H20BrClFN5O2S/c25-19-3-1-16(13-21(19)27)22-15-29-24(30-22)17-2-4-20(26)23(14-17)35(33,34)32-11-9-31(10-12-32)18-5-7-28-8-6-18/h1-8,13-15H,9-12H2,(H,29,30). The van der Waals surface area contributed by atoms with Crippen molar-refractivity contribution in [2.24, 2.45) is 0 Å². The van der Waals surface area contributed by atoms with Crippen LogP contribution in [0.5, 0.6) is 0 Å². The zero-order valence-electron chi connectivity index (χ0n) is 18.3. The zero-order chi connectivity index (χ0) is 24.6. The van der Waals surface area contributed by atoms with Crippen molar-refractivity contribution in [3.63, 3.8) is 0 Å². The molecule has 1 aliphatic rings. The molecule has 0 saturated carbocycles. The van der Waals surface area contributed by atoms with Gasteiger partial charge in [0, 0.05) is 61.6 Å². The molecule has 0 aliphatic carbocycles. The third-order valence-electron chi connectivity index (χ3n) is 5.88. The third-order valence-corrected chi connectivity index (χ3v) is 8.91. The fourth-order valence-electron chi connectivity index (χ4n) is 4.00. The summed E-state index contributed by atoms with van der Waals surface area (Å²) < 4.78 is 42.7. The molecule has 0 radical (unpaired) electrons. The van der Waals surface area contributed by atoms with Crippen LogP contribution in [0.3, 0.4) is 0 Å². The number of nitrogens with zero attached hydrogens (tertiary/aromatic N) is 4. The molecule has 4 aromatic rings. The Kier molecular flexibility index (Phi) is 6.63. The lowest BCUT2D eigenvalue weighted by Gasteiger charge is -2.35. The lowest BCUT2D eigenvalue weighted by molar-refractivity contribution is 0.385. The van der Waals surface area contributed by atoms with Gasteiger partial charge in [-0.1, -0.05) is 17.7 Å². The van der Waals surface area contributed by atoms with Crippen molar-refractivity contribution in [3.8, 4) is 22.6 Å². The van der Waals surface area contributed by atoms with Crippen molar-refractivity contribution in [1.29, 1.82) is 0 Å². The number of pyridine rings is 1. The van der Waals surface area contributed by atoms with Gasteiger partial charge < -0.3 is 9.88 Å². The maximum Gasteiger partial charge on any atom is 0.244 e. The van der Waals surface area contributed by atoms with Crippen LogP contribution in [0.4, 0.5) is 10.1 Å². The number of benzene rings is 2. The Hall–Kier alpha value is -2.79. The fourth-order valence-corrected chi connectivity index (χ4v) is 6.17. The van der Waals surface area contributed by atoms with E-state index >= 15 is 0 Å². The minimum absolute atomic E-state index is 0.0293. The number of aromatic nitrogens is 3. The summed E-state index contributed by atoms with van der Waals surface area (Å²) in [5, 5.41) is 0.145. The summed E-state index contributed by atoms with van der Waals surface area (Å²) in [6.45, 7) is 1.80. The Labute approximate surface area is 215 Å². The first-order valence-corrected chi connectivity index (χ1v) is 13.4. The molecule has 2 aromatic carbocycles. The number of H-pyrrole nitrogens is 1. The van der Waals surface area contributed by atoms with E-state index in [1.54, 1.807) is 42.9 Å². The summed E-state index contributed by atoms with van der Waals surface area (Å²) in [4.78, 5) is 13.8. The fraction of sp³-hybridized carbons (Fsp3) is 0.167. The number of hydrogen-bond acceptors (Lipinski definition) is 5. The van der Waals surface area contributed by atoms with Gasteiger partial charge in [0.15, 0.2) is 0 Å². The van der Waals surface area contributed by atoms with Crippen LogP contribution in [0, 0.1) is 5.82 Å². The van der Waals surface area contributed by atoms with E-state index in [0.717, 1.165) is 5.69 Å². The summed E-state index contributed by atoms with van der Waals surface area (Å²) in [5.41, 5.74) is 2.71. The van der Waals surface area contributed by atoms with E-state index in [9.17, 15) is 12.8 Å². The quantitative estimate of drug-likeness (QED) is 0.353. The highest BCUT2D eigenvalue weighted by atomic mass is 79.9. The van der Waals surface area contributed by atoms with Gasteiger partial charge in [-0.15, -0.1) is 0 Å². The minimum Gasteiger partial charge on any atom is -0.369 e. The van der Waals surface area contributed by atoms with E-state index in [1.165, 1.54) is 16.4 Å². The largest absolute Gasteiger partial charge is 0.369 e. The molecule has 3 heterocycles. The molecule has 7 nitrogen and oxygen atoms in total. The Morgan fingerprint density at radius 2 is 1.69 bits per heavy atom. The molecule has 0 unspecified atom stereocenters. The van der Waals surface area contributed by atoms with E-state index in [4.69, 9.17) is 11.6 Å². The van der Waals surface area contributed by atoms with E-state index in [2.05, 4.69) is 35.8 Å². The lowest BCUT2D eigenvalue weighted by atomic mass is 10.2. The minimum atomic E-state index is -3.82. The molecule has 0 atom stereocenters. The van der Waals surface area contributed by atoms with Gasteiger partial charge in [-0.2, -0.15) is 4.31 Å². The molecule has 11 heteroatoms. The topological polar surface area (TPSA) is 82.2 Å². The molecule has 2 aromatic heterocycles. The first-order valence-electron chi connectivity index (χ1n) is 10.8. The van der Waals surface area contributed by atoms with E-state index in [1.807, 2.05) is 12.1 Å². The van der Waals surface area contributed by atoms with Gasteiger partial charge in [-0.05, 0) is 58.4 Å². The highest BCUT2D eigenvalue weighted by Crippen LogP contribution is 2.31. The van der Waals surface area contributed by atoms with Crippen LogP contribution in [0.15, 0.2) is 76.5 Å². The Morgan fingerprint density at radius 1 is 0.971 bits per heavy atom. The molecule has 180 valence electrons. The SMILES string of the molecule is O=S(=O)(c1cc(-c2nc(-c3ccc(Br)c(F)c3)c[nH]2)ccc1Cl)N1CCN(c2ccncc2)CC1. The van der Waals surface area contributed by atoms with E-state index in [0.29, 0.717) is 53.3 Å². The number of rotatable bonds is 5. The number of nitrogens with one attached hydrogen (secondary N) is 1. The molecule has 0 spiro atoms. The average Bonchev–Trinajstić information content (AvgIpc) is 3.37. The predicted molar refractivity (Wildman–Crippen MR) is 137 cm³/mol. The first-order chi connectivity index (χ1) is 16.8. The molecule has 1 fully saturated rings. The highest BCUT2D eigenvalue weighted by molar-refractivity contribution is 9.10. The normalized spacial score (nSPS) is 14.9. The van der Waals surface area contributed by atoms with Crippen molar-refractivity contribution < 1.29 is 12.8 Å². The van der Waals surface area contributed by atoms with Gasteiger partial charge >= 0.3 is 0 Å². The number of piperazine rings is 1. The smallest absolute Gasteiger partial charge is 0.244 e. The molecular formula is C24H20BrClFN5O2S. The molecule has 35 heavy (non-hydrogen) atoms. The summed E-state index contributed by atoms with van der Waals surface area (Å²) in [6.07, 6.45) is 5.09. The monoisotopic (exact) mass is 575 g/mol. The first kappa shape index (κ1) is 23.9. The summed E-state index contributed by atoms with van der Waals surface area (Å²) in [5.74, 6) is 0.0647. The third kappa shape index (κ3) is 4.84. The second kappa shape index (κ2) is 9.69. The number of hydrogen-bond donors (Lipinski definition) is 1. The Bertz CT molecular complexity index is 1470. The van der Waals surface area contributed by atoms with Crippen molar-refractivity contribution >= 4 is 43.2 Å². The molecule has 0 bridgehead atoms. The number of halogens is 3. The summed E-state index contributed by atoms with van der Waals surface area (Å²) >= 11 is 9.49. The molecule has 5 rings (SSSR count). The van der Waals surface area contributed by atoms with Crippen molar-refractivity contribution in [1.82, 2.24) is 19.3 Å². The summed E-state index contributed by atoms with van der Waals surface area (Å²) in [6, 6.07) is 13.3. The number of sulfonamides is 1. The van der Waals surface area contributed by atoms with Crippen LogP contribution in [0.2, 0.25) is 5.02 Å². The lowest BCUT2D eigenvalue weighted by Crippen LogP contribution is -2.48. The van der Waals surface area contributed by atoms with Gasteiger partial charge in [-0.3, -0.25) is 4.98 Å². The number of aromatic amines is 1. The van der Waals surface area contributed by atoms with Crippen LogP contribution in [-0.4, -0.2) is 53.9 Å². The van der Waals surface area contributed by atoms with Crippen LogP contribution in [-0.2, 0) is 10.0 Å². The number of imidazole rings is 1. The zero-order valence-corrected chi connectivity index (χ0v) is 21.5. The van der Waals surface area contributed by atoms with E-state index < -0.39 is 15.8 Å². The molecule has 1 aliphatic heterocycles. The second-order valence-corrected chi connectivity index (χ2v) is 11.2. The molecule has 0 amide bonds. The maximum absolute atomic E-state index is 13.9. The molecule has 1 saturated heterocycles. The maximum atomic E-state index is 13.9. The van der Waals surface area contributed by atoms with Crippen LogP contribution < -0.4 is 4.90 Å². The Morgan fingerprint density at radius 3 is 2.40 bits per heavy atom. The van der Waals surface area contributed by atoms with E-state index in [-0.39, 0.29) is 9.92 Å². The highest BCUT2D eigenvalue weighted by Gasteiger charge is 2.30. The molecular weight excluding hydrogens is 557 g/mol. The summed E-state index contributed by atoms with van der Waals surface area (Å²) in [7, 11) is -3.82. The van der Waals surface area contributed by atoms with Gasteiger partial charge in [-0.25, -0.2) is 17.8 Å². The molecule has 1 N–H and O–H groups in total. The van der Waals surface area contributed by atoms with Crippen molar-refractivity contribution in [2.45, 2.75) is 4.90 Å². The van der Waals surface area contributed by atoms with Crippen molar-refractivity contribution in [2.75, 3.05) is 31.1 Å². The van der Waals surface area contributed by atoms with Crippen LogP contribution in [0.25, 0.3) is 22.6 Å².